The first-order valence-corrected chi connectivity index (χ1v) is 8.11. The summed E-state index contributed by atoms with van der Waals surface area (Å²) >= 11 is 3.28. The van der Waals surface area contributed by atoms with Crippen molar-refractivity contribution in [2.24, 2.45) is 0 Å². The first-order chi connectivity index (χ1) is 12.0. The van der Waals surface area contributed by atoms with Gasteiger partial charge in [-0.3, -0.25) is 4.79 Å². The van der Waals surface area contributed by atoms with Crippen molar-refractivity contribution in [2.75, 3.05) is 13.7 Å². The van der Waals surface area contributed by atoms with Gasteiger partial charge in [-0.25, -0.2) is 9.59 Å². The highest BCUT2D eigenvalue weighted by atomic mass is 79.9. The van der Waals surface area contributed by atoms with Gasteiger partial charge in [-0.05, 0) is 29.8 Å². The van der Waals surface area contributed by atoms with E-state index >= 15 is 0 Å². The third-order valence-electron chi connectivity index (χ3n) is 3.26. The fourth-order valence-electron chi connectivity index (χ4n) is 1.96. The first-order valence-electron chi connectivity index (χ1n) is 7.32. The molecule has 0 spiro atoms. The molecule has 25 heavy (non-hydrogen) atoms. The van der Waals surface area contributed by atoms with Crippen LogP contribution in [0, 0.1) is 0 Å². The van der Waals surface area contributed by atoms with Crippen LogP contribution in [0.2, 0.25) is 0 Å². The van der Waals surface area contributed by atoms with Gasteiger partial charge in [-0.2, -0.15) is 0 Å². The lowest BCUT2D eigenvalue weighted by atomic mass is 10.1. The standard InChI is InChI=1S/C19H15BrO5/c1-24-19(23)14-9-6-13(7-10-14)8-11-18(22)25-12-17(21)15-4-2-3-5-16(15)20/h2-11H,12H2,1H3/b11-8+. The number of benzene rings is 2. The highest BCUT2D eigenvalue weighted by Crippen LogP contribution is 2.16. The normalized spacial score (nSPS) is 10.5. The van der Waals surface area contributed by atoms with Crippen LogP contribution in [0.3, 0.4) is 0 Å². The smallest absolute Gasteiger partial charge is 0.337 e. The van der Waals surface area contributed by atoms with Crippen LogP contribution < -0.4 is 0 Å². The number of esters is 2. The Labute approximate surface area is 153 Å². The Morgan fingerprint density at radius 2 is 1.72 bits per heavy atom. The molecule has 2 rings (SSSR count). The maximum absolute atomic E-state index is 12.0. The van der Waals surface area contributed by atoms with Gasteiger partial charge in [-0.15, -0.1) is 0 Å². The zero-order valence-corrected chi connectivity index (χ0v) is 15.0. The summed E-state index contributed by atoms with van der Waals surface area (Å²) in [5, 5.41) is 0. The zero-order valence-electron chi connectivity index (χ0n) is 13.4. The zero-order chi connectivity index (χ0) is 18.2. The molecule has 0 saturated heterocycles. The Bertz CT molecular complexity index is 809. The van der Waals surface area contributed by atoms with E-state index in [1.807, 2.05) is 0 Å². The SMILES string of the molecule is COC(=O)c1ccc(/C=C/C(=O)OCC(=O)c2ccccc2Br)cc1. The molecule has 0 atom stereocenters. The van der Waals surface area contributed by atoms with Gasteiger partial charge in [0, 0.05) is 16.1 Å². The lowest BCUT2D eigenvalue weighted by Gasteiger charge is -2.04. The summed E-state index contributed by atoms with van der Waals surface area (Å²) in [6.07, 6.45) is 2.76. The van der Waals surface area contributed by atoms with Gasteiger partial charge >= 0.3 is 11.9 Å². The lowest BCUT2D eigenvalue weighted by Crippen LogP contribution is -2.13. The quantitative estimate of drug-likeness (QED) is 0.418. The van der Waals surface area contributed by atoms with E-state index in [0.717, 1.165) is 0 Å². The Hall–Kier alpha value is -2.73. The van der Waals surface area contributed by atoms with Crippen LogP contribution in [0.4, 0.5) is 0 Å². The van der Waals surface area contributed by atoms with Gasteiger partial charge in [0.25, 0.3) is 0 Å². The number of carbonyl (C=O) groups excluding carboxylic acids is 3. The van der Waals surface area contributed by atoms with Crippen molar-refractivity contribution in [1.82, 2.24) is 0 Å². The third kappa shape index (κ3) is 5.39. The minimum absolute atomic E-state index is 0.295. The molecule has 0 aliphatic heterocycles. The highest BCUT2D eigenvalue weighted by Gasteiger charge is 2.11. The second-order valence-electron chi connectivity index (χ2n) is 4.96. The van der Waals surface area contributed by atoms with E-state index in [9.17, 15) is 14.4 Å². The fourth-order valence-corrected chi connectivity index (χ4v) is 2.47. The average molecular weight is 403 g/mol. The van der Waals surface area contributed by atoms with Crippen molar-refractivity contribution in [1.29, 1.82) is 0 Å². The molecule has 0 bridgehead atoms. The van der Waals surface area contributed by atoms with E-state index in [0.29, 0.717) is 21.2 Å². The third-order valence-corrected chi connectivity index (χ3v) is 3.95. The van der Waals surface area contributed by atoms with Crippen LogP contribution in [0.1, 0.15) is 26.3 Å². The molecule has 128 valence electrons. The molecular weight excluding hydrogens is 388 g/mol. The second kappa shape index (κ2) is 8.94. The Kier molecular flexibility index (Phi) is 6.65. The molecule has 6 heteroatoms. The maximum atomic E-state index is 12.0. The molecule has 0 saturated carbocycles. The summed E-state index contributed by atoms with van der Waals surface area (Å²) in [6, 6.07) is 13.4. The number of carbonyl (C=O) groups is 3. The van der Waals surface area contributed by atoms with E-state index in [1.165, 1.54) is 19.3 Å². The molecule has 0 aromatic heterocycles. The molecule has 0 aliphatic carbocycles. The minimum Gasteiger partial charge on any atom is -0.465 e. The molecule has 0 aliphatic rings. The van der Waals surface area contributed by atoms with Gasteiger partial charge < -0.3 is 9.47 Å². The molecule has 5 nitrogen and oxygen atoms in total. The minimum atomic E-state index is -0.627. The van der Waals surface area contributed by atoms with E-state index in [2.05, 4.69) is 20.7 Å². The number of halogens is 1. The number of hydrogen-bond donors (Lipinski definition) is 0. The topological polar surface area (TPSA) is 69.7 Å². The number of hydrogen-bond acceptors (Lipinski definition) is 5. The number of methoxy groups -OCH3 is 1. The first kappa shape index (κ1) is 18.6. The Morgan fingerprint density at radius 1 is 1.04 bits per heavy atom. The molecule has 0 unspecified atom stereocenters. The lowest BCUT2D eigenvalue weighted by molar-refractivity contribution is -0.136. The average Bonchev–Trinajstić information content (AvgIpc) is 2.64. The van der Waals surface area contributed by atoms with Gasteiger partial charge in [0.05, 0.1) is 12.7 Å². The number of ether oxygens (including phenoxy) is 2. The van der Waals surface area contributed by atoms with Crippen molar-refractivity contribution in [2.45, 2.75) is 0 Å². The van der Waals surface area contributed by atoms with Crippen LogP contribution in [0.25, 0.3) is 6.08 Å². The molecule has 2 aromatic carbocycles. The number of rotatable bonds is 6. The summed E-state index contributed by atoms with van der Waals surface area (Å²) in [4.78, 5) is 35.0. The van der Waals surface area contributed by atoms with Gasteiger partial charge in [0.1, 0.15) is 0 Å². The number of Topliss-reactive ketones (excluding diaryl/α,β-unsaturated/α-hetero) is 1. The fraction of sp³-hybridized carbons (Fsp3) is 0.105. The summed E-state index contributed by atoms with van der Waals surface area (Å²) in [5.41, 5.74) is 1.58. The van der Waals surface area contributed by atoms with Crippen LogP contribution in [-0.2, 0) is 14.3 Å². The van der Waals surface area contributed by atoms with E-state index in [1.54, 1.807) is 48.5 Å². The molecule has 0 heterocycles. The molecular formula is C19H15BrO5. The Balaban J connectivity index is 1.89. The van der Waals surface area contributed by atoms with Gasteiger partial charge in [0.2, 0.25) is 5.78 Å². The largest absolute Gasteiger partial charge is 0.465 e. The summed E-state index contributed by atoms with van der Waals surface area (Å²) < 4.78 is 10.2. The second-order valence-corrected chi connectivity index (χ2v) is 5.81. The summed E-state index contributed by atoms with van der Waals surface area (Å²) in [7, 11) is 1.31. The van der Waals surface area contributed by atoms with Crippen LogP contribution in [0.5, 0.6) is 0 Å². The summed E-state index contributed by atoms with van der Waals surface area (Å²) in [6.45, 7) is -0.340. The predicted molar refractivity (Wildman–Crippen MR) is 96.2 cm³/mol. The van der Waals surface area contributed by atoms with E-state index in [-0.39, 0.29) is 12.4 Å². The highest BCUT2D eigenvalue weighted by molar-refractivity contribution is 9.10. The van der Waals surface area contributed by atoms with Crippen molar-refractivity contribution in [3.8, 4) is 0 Å². The van der Waals surface area contributed by atoms with Crippen LogP contribution in [-0.4, -0.2) is 31.4 Å². The number of ketones is 1. The predicted octanol–water partition coefficient (Wildman–Crippen LogP) is 3.68. The van der Waals surface area contributed by atoms with E-state index in [4.69, 9.17) is 4.74 Å². The van der Waals surface area contributed by atoms with Crippen molar-refractivity contribution in [3.05, 3.63) is 75.8 Å². The summed E-state index contributed by atoms with van der Waals surface area (Å²) in [5.74, 6) is -1.35. The monoisotopic (exact) mass is 402 g/mol. The van der Waals surface area contributed by atoms with Gasteiger partial charge in [0.15, 0.2) is 6.61 Å². The van der Waals surface area contributed by atoms with E-state index < -0.39 is 11.9 Å². The van der Waals surface area contributed by atoms with Crippen LogP contribution in [0.15, 0.2) is 59.1 Å². The Morgan fingerprint density at radius 3 is 2.36 bits per heavy atom. The molecule has 0 radical (unpaired) electrons. The van der Waals surface area contributed by atoms with Gasteiger partial charge in [-0.1, -0.05) is 46.3 Å². The molecule has 2 aromatic rings. The van der Waals surface area contributed by atoms with Crippen molar-refractivity contribution >= 4 is 39.7 Å². The van der Waals surface area contributed by atoms with Crippen molar-refractivity contribution in [3.63, 3.8) is 0 Å². The molecule has 0 N–H and O–H groups in total. The van der Waals surface area contributed by atoms with Crippen LogP contribution >= 0.6 is 15.9 Å². The maximum Gasteiger partial charge on any atom is 0.337 e. The molecule has 0 amide bonds. The van der Waals surface area contributed by atoms with Crippen molar-refractivity contribution < 1.29 is 23.9 Å². The molecule has 0 fully saturated rings.